The highest BCUT2D eigenvalue weighted by Gasteiger charge is 2.18. The molecule has 0 aliphatic heterocycles. The standard InChI is InChI=1S/C12H15FO2/c1-4-11(15-3)12(14)9-6-5-8(2)10(13)7-9/h5-7,11H,4H2,1-3H3. The second-order valence-corrected chi connectivity index (χ2v) is 3.46. The first-order valence-corrected chi connectivity index (χ1v) is 4.93. The molecule has 0 saturated heterocycles. The van der Waals surface area contributed by atoms with Gasteiger partial charge in [-0.2, -0.15) is 0 Å². The van der Waals surface area contributed by atoms with Crippen LogP contribution in [0.2, 0.25) is 0 Å². The molecule has 0 bridgehead atoms. The van der Waals surface area contributed by atoms with Crippen molar-refractivity contribution in [3.8, 4) is 0 Å². The fraction of sp³-hybridized carbons (Fsp3) is 0.417. The first-order chi connectivity index (χ1) is 7.10. The van der Waals surface area contributed by atoms with Crippen molar-refractivity contribution in [2.45, 2.75) is 26.4 Å². The van der Waals surface area contributed by atoms with Gasteiger partial charge in [0, 0.05) is 12.7 Å². The summed E-state index contributed by atoms with van der Waals surface area (Å²) in [6.45, 7) is 3.52. The van der Waals surface area contributed by atoms with Gasteiger partial charge < -0.3 is 4.74 Å². The number of carbonyl (C=O) groups is 1. The average Bonchev–Trinajstić information content (AvgIpc) is 2.23. The minimum atomic E-state index is -0.480. The molecule has 0 radical (unpaired) electrons. The summed E-state index contributed by atoms with van der Waals surface area (Å²) in [6.07, 6.45) is 0.109. The molecule has 0 saturated carbocycles. The van der Waals surface area contributed by atoms with E-state index < -0.39 is 6.10 Å². The Kier molecular flexibility index (Phi) is 3.97. The molecule has 1 aromatic carbocycles. The Balaban J connectivity index is 2.96. The minimum absolute atomic E-state index is 0.168. The number of benzene rings is 1. The van der Waals surface area contributed by atoms with Crippen LogP contribution < -0.4 is 0 Å². The Morgan fingerprint density at radius 3 is 2.67 bits per heavy atom. The smallest absolute Gasteiger partial charge is 0.191 e. The predicted molar refractivity (Wildman–Crippen MR) is 56.6 cm³/mol. The van der Waals surface area contributed by atoms with Crippen LogP contribution in [0, 0.1) is 12.7 Å². The number of ether oxygens (including phenoxy) is 1. The van der Waals surface area contributed by atoms with E-state index in [9.17, 15) is 9.18 Å². The van der Waals surface area contributed by atoms with E-state index in [2.05, 4.69) is 0 Å². The van der Waals surface area contributed by atoms with Gasteiger partial charge in [0.2, 0.25) is 0 Å². The van der Waals surface area contributed by atoms with Gasteiger partial charge in [-0.25, -0.2) is 4.39 Å². The second-order valence-electron chi connectivity index (χ2n) is 3.46. The van der Waals surface area contributed by atoms with Crippen molar-refractivity contribution >= 4 is 5.78 Å². The van der Waals surface area contributed by atoms with Gasteiger partial charge in [-0.1, -0.05) is 19.1 Å². The van der Waals surface area contributed by atoms with Crippen LogP contribution in [0.1, 0.15) is 29.3 Å². The Morgan fingerprint density at radius 2 is 2.20 bits per heavy atom. The third-order valence-electron chi connectivity index (χ3n) is 2.40. The maximum Gasteiger partial charge on any atom is 0.191 e. The Hall–Kier alpha value is -1.22. The highest BCUT2D eigenvalue weighted by Crippen LogP contribution is 2.13. The van der Waals surface area contributed by atoms with Gasteiger partial charge in [0.15, 0.2) is 5.78 Å². The molecule has 3 heteroatoms. The Morgan fingerprint density at radius 1 is 1.53 bits per heavy atom. The summed E-state index contributed by atoms with van der Waals surface area (Å²) in [5.74, 6) is -0.522. The lowest BCUT2D eigenvalue weighted by molar-refractivity contribution is 0.0595. The summed E-state index contributed by atoms with van der Waals surface area (Å²) in [7, 11) is 1.48. The quantitative estimate of drug-likeness (QED) is 0.714. The third-order valence-corrected chi connectivity index (χ3v) is 2.40. The number of aryl methyl sites for hydroxylation is 1. The predicted octanol–water partition coefficient (Wildman–Crippen LogP) is 2.74. The molecule has 0 fully saturated rings. The fourth-order valence-electron chi connectivity index (χ4n) is 1.39. The lowest BCUT2D eigenvalue weighted by atomic mass is 10.0. The van der Waals surface area contributed by atoms with Crippen molar-refractivity contribution < 1.29 is 13.9 Å². The van der Waals surface area contributed by atoms with Gasteiger partial charge in [0.05, 0.1) is 0 Å². The lowest BCUT2D eigenvalue weighted by Gasteiger charge is -2.11. The van der Waals surface area contributed by atoms with Crippen LogP contribution in [0.15, 0.2) is 18.2 Å². The number of hydrogen-bond donors (Lipinski definition) is 0. The zero-order valence-corrected chi connectivity index (χ0v) is 9.21. The number of halogens is 1. The molecule has 1 atom stereocenters. The molecule has 2 nitrogen and oxygen atoms in total. The molecular weight excluding hydrogens is 195 g/mol. The van der Waals surface area contributed by atoms with Gasteiger partial charge in [-0.05, 0) is 25.0 Å². The van der Waals surface area contributed by atoms with E-state index in [0.29, 0.717) is 17.5 Å². The van der Waals surface area contributed by atoms with E-state index in [0.717, 1.165) is 0 Å². The molecule has 0 aliphatic rings. The summed E-state index contributed by atoms with van der Waals surface area (Å²) < 4.78 is 18.2. The van der Waals surface area contributed by atoms with E-state index in [1.54, 1.807) is 19.1 Å². The van der Waals surface area contributed by atoms with E-state index in [-0.39, 0.29) is 11.6 Å². The van der Waals surface area contributed by atoms with Gasteiger partial charge in [-0.3, -0.25) is 4.79 Å². The van der Waals surface area contributed by atoms with Crippen LogP contribution in [0.25, 0.3) is 0 Å². The summed E-state index contributed by atoms with van der Waals surface area (Å²) >= 11 is 0. The van der Waals surface area contributed by atoms with E-state index in [1.165, 1.54) is 13.2 Å². The molecule has 0 aromatic heterocycles. The monoisotopic (exact) mass is 210 g/mol. The van der Waals surface area contributed by atoms with Crippen LogP contribution in [0.5, 0.6) is 0 Å². The summed E-state index contributed by atoms with van der Waals surface area (Å²) in [5, 5.41) is 0. The topological polar surface area (TPSA) is 26.3 Å². The number of hydrogen-bond acceptors (Lipinski definition) is 2. The van der Waals surface area contributed by atoms with Crippen LogP contribution in [-0.4, -0.2) is 19.0 Å². The SMILES string of the molecule is CCC(OC)C(=O)c1ccc(C)c(F)c1. The largest absolute Gasteiger partial charge is 0.373 e. The number of rotatable bonds is 4. The lowest BCUT2D eigenvalue weighted by Crippen LogP contribution is -2.22. The molecule has 0 N–H and O–H groups in total. The Labute approximate surface area is 89.1 Å². The Bertz CT molecular complexity index is 357. The molecule has 0 aliphatic carbocycles. The van der Waals surface area contributed by atoms with Gasteiger partial charge >= 0.3 is 0 Å². The summed E-state index contributed by atoms with van der Waals surface area (Å²) in [4.78, 5) is 11.8. The van der Waals surface area contributed by atoms with Crippen molar-refractivity contribution in [2.75, 3.05) is 7.11 Å². The average molecular weight is 210 g/mol. The fourth-order valence-corrected chi connectivity index (χ4v) is 1.39. The molecule has 0 spiro atoms. The van der Waals surface area contributed by atoms with Crippen molar-refractivity contribution in [1.29, 1.82) is 0 Å². The molecule has 0 amide bonds. The zero-order chi connectivity index (χ0) is 11.4. The summed E-state index contributed by atoms with van der Waals surface area (Å²) in [6, 6.07) is 4.49. The van der Waals surface area contributed by atoms with Crippen molar-refractivity contribution in [3.05, 3.63) is 35.1 Å². The van der Waals surface area contributed by atoms with Crippen molar-refractivity contribution in [2.24, 2.45) is 0 Å². The second kappa shape index (κ2) is 5.03. The number of carbonyl (C=O) groups excluding carboxylic acids is 1. The van der Waals surface area contributed by atoms with Crippen LogP contribution >= 0.6 is 0 Å². The molecule has 0 heterocycles. The molecule has 15 heavy (non-hydrogen) atoms. The maximum atomic E-state index is 13.2. The van der Waals surface area contributed by atoms with Gasteiger partial charge in [-0.15, -0.1) is 0 Å². The number of methoxy groups -OCH3 is 1. The van der Waals surface area contributed by atoms with Gasteiger partial charge in [0.1, 0.15) is 11.9 Å². The maximum absolute atomic E-state index is 13.2. The molecule has 1 unspecified atom stereocenters. The number of ketones is 1. The molecule has 1 aromatic rings. The first-order valence-electron chi connectivity index (χ1n) is 4.93. The zero-order valence-electron chi connectivity index (χ0n) is 9.21. The van der Waals surface area contributed by atoms with Crippen LogP contribution in [0.3, 0.4) is 0 Å². The van der Waals surface area contributed by atoms with E-state index in [4.69, 9.17) is 4.74 Å². The van der Waals surface area contributed by atoms with Crippen molar-refractivity contribution in [1.82, 2.24) is 0 Å². The molecule has 1 rings (SSSR count). The van der Waals surface area contributed by atoms with Crippen LogP contribution in [0.4, 0.5) is 4.39 Å². The van der Waals surface area contributed by atoms with E-state index in [1.807, 2.05) is 6.92 Å². The minimum Gasteiger partial charge on any atom is -0.373 e. The highest BCUT2D eigenvalue weighted by molar-refractivity contribution is 5.99. The van der Waals surface area contributed by atoms with Crippen molar-refractivity contribution in [3.63, 3.8) is 0 Å². The summed E-state index contributed by atoms with van der Waals surface area (Å²) in [5.41, 5.74) is 0.906. The number of Topliss-reactive ketones (excluding diaryl/α,β-unsaturated/α-hetero) is 1. The molecular formula is C12H15FO2. The third kappa shape index (κ3) is 2.63. The first kappa shape index (κ1) is 11.9. The highest BCUT2D eigenvalue weighted by atomic mass is 19.1. The normalized spacial score (nSPS) is 12.5. The molecule has 82 valence electrons. The van der Waals surface area contributed by atoms with E-state index >= 15 is 0 Å². The van der Waals surface area contributed by atoms with Gasteiger partial charge in [0.25, 0.3) is 0 Å². The van der Waals surface area contributed by atoms with Crippen LogP contribution in [-0.2, 0) is 4.74 Å².